The molecular weight excluding hydrogens is 412 g/mol. The van der Waals surface area contributed by atoms with E-state index in [0.717, 1.165) is 57.8 Å². The zero-order chi connectivity index (χ0) is 22.9. The van der Waals surface area contributed by atoms with Gasteiger partial charge in [0.15, 0.2) is 6.04 Å². The number of carbonyl (C=O) groups excluding carboxylic acids is 3. The molecule has 1 aromatic rings. The van der Waals surface area contributed by atoms with E-state index in [4.69, 9.17) is 9.94 Å². The Bertz CT molecular complexity index is 759. The Morgan fingerprint density at radius 1 is 0.938 bits per heavy atom. The zero-order valence-corrected chi connectivity index (χ0v) is 18.4. The second-order valence-corrected chi connectivity index (χ2v) is 8.96. The van der Waals surface area contributed by atoms with Crippen LogP contribution in [0.15, 0.2) is 30.3 Å². The highest BCUT2D eigenvalue weighted by molar-refractivity contribution is 5.91. The summed E-state index contributed by atoms with van der Waals surface area (Å²) < 4.78 is 5.65. The van der Waals surface area contributed by atoms with Crippen LogP contribution in [0.1, 0.15) is 75.8 Å². The van der Waals surface area contributed by atoms with Crippen LogP contribution < -0.4 is 10.8 Å². The maximum atomic E-state index is 13.3. The van der Waals surface area contributed by atoms with Gasteiger partial charge in [0.1, 0.15) is 12.2 Å². The fourth-order valence-corrected chi connectivity index (χ4v) is 4.82. The van der Waals surface area contributed by atoms with Crippen molar-refractivity contribution in [3.63, 3.8) is 0 Å². The van der Waals surface area contributed by atoms with Crippen molar-refractivity contribution >= 4 is 17.8 Å². The summed E-state index contributed by atoms with van der Waals surface area (Å²) in [6, 6.07) is 7.77. The molecule has 0 unspecified atom stereocenters. The SMILES string of the molecule is O=C(OC1CCCC1)[C@@H](NC(=O)[C@H](CC1CCCCC1)[C@H](O)C(=O)NO)c1ccccc1. The molecule has 2 amide bonds. The summed E-state index contributed by atoms with van der Waals surface area (Å²) in [5, 5.41) is 22.2. The average Bonchev–Trinajstić information content (AvgIpc) is 3.34. The lowest BCUT2D eigenvalue weighted by atomic mass is 9.80. The predicted octanol–water partition coefficient (Wildman–Crippen LogP) is 2.78. The first-order valence-corrected chi connectivity index (χ1v) is 11.7. The number of hydroxylamine groups is 1. The van der Waals surface area contributed by atoms with Crippen molar-refractivity contribution in [1.82, 2.24) is 10.8 Å². The molecule has 32 heavy (non-hydrogen) atoms. The van der Waals surface area contributed by atoms with Gasteiger partial charge in [-0.15, -0.1) is 0 Å². The number of benzene rings is 1. The molecule has 3 rings (SSSR count). The minimum Gasteiger partial charge on any atom is -0.461 e. The van der Waals surface area contributed by atoms with Crippen LogP contribution in [0.2, 0.25) is 0 Å². The van der Waals surface area contributed by atoms with Crippen LogP contribution in [0.5, 0.6) is 0 Å². The maximum Gasteiger partial charge on any atom is 0.333 e. The molecule has 1 aromatic carbocycles. The first-order valence-electron chi connectivity index (χ1n) is 11.7. The number of carbonyl (C=O) groups is 3. The Morgan fingerprint density at radius 3 is 2.19 bits per heavy atom. The lowest BCUT2D eigenvalue weighted by Crippen LogP contribution is -2.48. The summed E-state index contributed by atoms with van der Waals surface area (Å²) in [7, 11) is 0. The van der Waals surface area contributed by atoms with E-state index in [1.54, 1.807) is 24.3 Å². The van der Waals surface area contributed by atoms with Crippen molar-refractivity contribution in [3.05, 3.63) is 35.9 Å². The standard InChI is InChI=1S/C24H34N2O6/c27-21(23(29)26-31)19(15-16-9-3-1-4-10-16)22(28)25-20(17-11-5-2-6-12-17)24(30)32-18-13-7-8-14-18/h2,5-6,11-12,16,18-21,27,31H,1,3-4,7-10,13-15H2,(H,25,28)(H,26,29)/t19-,20+,21+/m1/s1. The summed E-state index contributed by atoms with van der Waals surface area (Å²) in [6.45, 7) is 0. The second-order valence-electron chi connectivity index (χ2n) is 8.96. The fraction of sp³-hybridized carbons (Fsp3) is 0.625. The molecule has 0 spiro atoms. The van der Waals surface area contributed by atoms with Crippen molar-refractivity contribution in [1.29, 1.82) is 0 Å². The lowest BCUT2D eigenvalue weighted by Gasteiger charge is -2.29. The molecule has 2 saturated carbocycles. The third-order valence-corrected chi connectivity index (χ3v) is 6.65. The molecule has 2 aliphatic rings. The van der Waals surface area contributed by atoms with Gasteiger partial charge in [-0.05, 0) is 43.6 Å². The van der Waals surface area contributed by atoms with Crippen LogP contribution in [-0.2, 0) is 19.1 Å². The smallest absolute Gasteiger partial charge is 0.333 e. The van der Waals surface area contributed by atoms with Gasteiger partial charge in [-0.25, -0.2) is 10.3 Å². The van der Waals surface area contributed by atoms with Gasteiger partial charge in [-0.2, -0.15) is 0 Å². The fourth-order valence-electron chi connectivity index (χ4n) is 4.82. The van der Waals surface area contributed by atoms with E-state index < -0.39 is 35.8 Å². The van der Waals surface area contributed by atoms with Gasteiger partial charge in [0.2, 0.25) is 5.91 Å². The molecule has 0 radical (unpaired) electrons. The number of aliphatic hydroxyl groups excluding tert-OH is 1. The molecule has 0 aliphatic heterocycles. The van der Waals surface area contributed by atoms with E-state index >= 15 is 0 Å². The summed E-state index contributed by atoms with van der Waals surface area (Å²) in [5.74, 6) is -3.08. The number of ether oxygens (including phenoxy) is 1. The second kappa shape index (κ2) is 12.0. The monoisotopic (exact) mass is 446 g/mol. The number of esters is 1. The van der Waals surface area contributed by atoms with Gasteiger partial charge < -0.3 is 15.2 Å². The Morgan fingerprint density at radius 2 is 1.56 bits per heavy atom. The third-order valence-electron chi connectivity index (χ3n) is 6.65. The first kappa shape index (κ1) is 24.2. The molecule has 0 heterocycles. The van der Waals surface area contributed by atoms with Gasteiger partial charge in [0.05, 0.1) is 5.92 Å². The molecule has 0 bridgehead atoms. The van der Waals surface area contributed by atoms with Gasteiger partial charge in [0, 0.05) is 0 Å². The highest BCUT2D eigenvalue weighted by atomic mass is 16.5. The largest absolute Gasteiger partial charge is 0.461 e. The number of hydrogen-bond acceptors (Lipinski definition) is 6. The quantitative estimate of drug-likeness (QED) is 0.263. The predicted molar refractivity (Wildman–Crippen MR) is 116 cm³/mol. The highest BCUT2D eigenvalue weighted by Crippen LogP contribution is 2.31. The Kier molecular flexibility index (Phi) is 9.05. The van der Waals surface area contributed by atoms with Gasteiger partial charge >= 0.3 is 5.97 Å². The van der Waals surface area contributed by atoms with Crippen molar-refractivity contribution in [2.75, 3.05) is 0 Å². The molecule has 176 valence electrons. The van der Waals surface area contributed by atoms with E-state index in [1.807, 2.05) is 6.07 Å². The highest BCUT2D eigenvalue weighted by Gasteiger charge is 2.37. The summed E-state index contributed by atoms with van der Waals surface area (Å²) in [4.78, 5) is 38.2. The van der Waals surface area contributed by atoms with E-state index in [9.17, 15) is 19.5 Å². The average molecular weight is 447 g/mol. The number of amides is 2. The summed E-state index contributed by atoms with van der Waals surface area (Å²) in [6.07, 6.45) is 7.12. The number of nitrogens with one attached hydrogen (secondary N) is 2. The third kappa shape index (κ3) is 6.53. The summed E-state index contributed by atoms with van der Waals surface area (Å²) >= 11 is 0. The van der Waals surface area contributed by atoms with Crippen LogP contribution in [0.4, 0.5) is 0 Å². The molecular formula is C24H34N2O6. The van der Waals surface area contributed by atoms with Crippen molar-refractivity contribution < 1.29 is 29.4 Å². The van der Waals surface area contributed by atoms with Gasteiger partial charge in [-0.1, -0.05) is 62.4 Å². The molecule has 0 aromatic heterocycles. The minimum absolute atomic E-state index is 0.158. The molecule has 4 N–H and O–H groups in total. The van der Waals surface area contributed by atoms with Crippen molar-refractivity contribution in [3.8, 4) is 0 Å². The lowest BCUT2D eigenvalue weighted by molar-refractivity contribution is -0.154. The van der Waals surface area contributed by atoms with E-state index in [-0.39, 0.29) is 12.0 Å². The number of rotatable bonds is 9. The van der Waals surface area contributed by atoms with E-state index in [2.05, 4.69) is 5.32 Å². The molecule has 8 nitrogen and oxygen atoms in total. The van der Waals surface area contributed by atoms with Crippen LogP contribution in [0, 0.1) is 11.8 Å². The molecule has 2 aliphatic carbocycles. The first-order chi connectivity index (χ1) is 15.5. The number of hydrogen-bond donors (Lipinski definition) is 4. The topological polar surface area (TPSA) is 125 Å². The van der Waals surface area contributed by atoms with Crippen LogP contribution in [-0.4, -0.2) is 40.3 Å². The van der Waals surface area contributed by atoms with Crippen LogP contribution in [0.25, 0.3) is 0 Å². The molecule has 0 saturated heterocycles. The van der Waals surface area contributed by atoms with E-state index in [1.165, 1.54) is 5.48 Å². The van der Waals surface area contributed by atoms with Crippen LogP contribution >= 0.6 is 0 Å². The van der Waals surface area contributed by atoms with Crippen molar-refractivity contribution in [2.24, 2.45) is 11.8 Å². The van der Waals surface area contributed by atoms with E-state index in [0.29, 0.717) is 12.0 Å². The molecule has 3 atom stereocenters. The summed E-state index contributed by atoms with van der Waals surface area (Å²) in [5.41, 5.74) is 2.00. The minimum atomic E-state index is -1.72. The van der Waals surface area contributed by atoms with Gasteiger partial charge in [0.25, 0.3) is 5.91 Å². The Labute approximate surface area is 188 Å². The van der Waals surface area contributed by atoms with Crippen LogP contribution in [0.3, 0.4) is 0 Å². The normalized spacial score (nSPS) is 20.2. The Balaban J connectivity index is 1.77. The molecule has 8 heteroatoms. The Hall–Kier alpha value is -2.45. The van der Waals surface area contributed by atoms with Gasteiger partial charge in [-0.3, -0.25) is 14.8 Å². The zero-order valence-electron chi connectivity index (χ0n) is 18.4. The number of aliphatic hydroxyl groups is 1. The maximum absolute atomic E-state index is 13.3. The molecule has 2 fully saturated rings. The van der Waals surface area contributed by atoms with Crippen molar-refractivity contribution in [2.45, 2.75) is 82.5 Å².